The Balaban J connectivity index is 0.000000509. The van der Waals surface area contributed by atoms with Gasteiger partial charge in [-0.05, 0) is 19.1 Å². The van der Waals surface area contributed by atoms with Gasteiger partial charge in [-0.15, -0.1) is 0 Å². The summed E-state index contributed by atoms with van der Waals surface area (Å²) >= 11 is 0. The van der Waals surface area contributed by atoms with E-state index in [2.05, 4.69) is 4.98 Å². The molecule has 3 heteroatoms. The van der Waals surface area contributed by atoms with E-state index < -0.39 is 0 Å². The number of aromatic nitrogens is 2. The summed E-state index contributed by atoms with van der Waals surface area (Å²) in [6.45, 7) is 9.86. The molecule has 0 radical (unpaired) electrons. The predicted octanol–water partition coefficient (Wildman–Crippen LogP) is 4.07. The number of nitrogens with zero attached hydrogens (tertiary/aromatic N) is 2. The van der Waals surface area contributed by atoms with E-state index in [-0.39, 0.29) is 5.82 Å². The summed E-state index contributed by atoms with van der Waals surface area (Å²) in [6, 6.07) is 4.98. The summed E-state index contributed by atoms with van der Waals surface area (Å²) in [7, 11) is 1.88. The molecule has 0 aliphatic heterocycles. The molecule has 16 heavy (non-hydrogen) atoms. The molecule has 90 valence electrons. The van der Waals surface area contributed by atoms with Crippen molar-refractivity contribution in [3.63, 3.8) is 0 Å². The second kappa shape index (κ2) is 6.99. The molecule has 0 aliphatic rings. The van der Waals surface area contributed by atoms with E-state index in [1.54, 1.807) is 6.07 Å². The minimum atomic E-state index is -0.254. The van der Waals surface area contributed by atoms with Gasteiger partial charge in [0.15, 0.2) is 5.82 Å². The molecular weight excluding hydrogens is 203 g/mol. The van der Waals surface area contributed by atoms with Crippen LogP contribution in [0.25, 0.3) is 11.0 Å². The van der Waals surface area contributed by atoms with Crippen LogP contribution in [-0.2, 0) is 7.05 Å². The monoisotopic (exact) mass is 224 g/mol. The molecule has 1 heterocycles. The lowest BCUT2D eigenvalue weighted by molar-refractivity contribution is 0.637. The van der Waals surface area contributed by atoms with E-state index in [1.165, 1.54) is 6.07 Å². The Morgan fingerprint density at radius 1 is 1.12 bits per heavy atom. The summed E-state index contributed by atoms with van der Waals surface area (Å²) in [5, 5.41) is 0. The van der Waals surface area contributed by atoms with Crippen molar-refractivity contribution in [3.8, 4) is 0 Å². The third-order valence-electron chi connectivity index (χ3n) is 2.09. The van der Waals surface area contributed by atoms with Crippen molar-refractivity contribution in [2.75, 3.05) is 0 Å². The number of hydrogen-bond donors (Lipinski definition) is 0. The third-order valence-corrected chi connectivity index (χ3v) is 2.09. The fraction of sp³-hybridized carbons (Fsp3) is 0.462. The molecule has 0 spiro atoms. The molecule has 0 bridgehead atoms. The van der Waals surface area contributed by atoms with Gasteiger partial charge in [0.25, 0.3) is 0 Å². The number of rotatable bonds is 0. The number of hydrogen-bond acceptors (Lipinski definition) is 1. The summed E-state index contributed by atoms with van der Waals surface area (Å²) < 4.78 is 15.0. The van der Waals surface area contributed by atoms with Crippen molar-refractivity contribution < 1.29 is 4.39 Å². The van der Waals surface area contributed by atoms with Gasteiger partial charge in [0.2, 0.25) is 0 Å². The van der Waals surface area contributed by atoms with Gasteiger partial charge in [-0.1, -0.05) is 33.8 Å². The lowest BCUT2D eigenvalue weighted by atomic mass is 10.3. The molecular formula is C13H21FN2. The van der Waals surface area contributed by atoms with E-state index in [0.717, 1.165) is 11.3 Å². The third kappa shape index (κ3) is 2.81. The highest BCUT2D eigenvalue weighted by Crippen LogP contribution is 2.16. The van der Waals surface area contributed by atoms with Crippen molar-refractivity contribution in [1.82, 2.24) is 9.55 Å². The fourth-order valence-electron chi connectivity index (χ4n) is 1.30. The lowest BCUT2D eigenvalue weighted by Gasteiger charge is -1.94. The van der Waals surface area contributed by atoms with E-state index in [4.69, 9.17) is 0 Å². The van der Waals surface area contributed by atoms with Crippen LogP contribution in [0.1, 0.15) is 33.5 Å². The summed E-state index contributed by atoms with van der Waals surface area (Å²) in [4.78, 5) is 4.10. The first-order chi connectivity index (χ1) is 7.70. The molecule has 0 amide bonds. The second-order valence-electron chi connectivity index (χ2n) is 2.83. The van der Waals surface area contributed by atoms with Crippen LogP contribution in [-0.4, -0.2) is 9.55 Å². The molecule has 2 rings (SSSR count). The molecule has 2 nitrogen and oxygen atoms in total. The molecule has 0 aliphatic carbocycles. The molecule has 0 N–H and O–H groups in total. The van der Waals surface area contributed by atoms with Gasteiger partial charge in [-0.3, -0.25) is 0 Å². The zero-order valence-corrected chi connectivity index (χ0v) is 11.0. The Morgan fingerprint density at radius 3 is 2.19 bits per heavy atom. The zero-order chi connectivity index (χ0) is 12.7. The summed E-state index contributed by atoms with van der Waals surface area (Å²) in [5.41, 5.74) is 1.30. The lowest BCUT2D eigenvalue weighted by Crippen LogP contribution is -1.89. The van der Waals surface area contributed by atoms with Gasteiger partial charge in [0.05, 0.1) is 5.52 Å². The maximum atomic E-state index is 13.1. The van der Waals surface area contributed by atoms with Crippen LogP contribution in [0, 0.1) is 12.7 Å². The first-order valence-corrected chi connectivity index (χ1v) is 5.77. The van der Waals surface area contributed by atoms with Crippen LogP contribution in [0.15, 0.2) is 18.2 Å². The van der Waals surface area contributed by atoms with Crippen LogP contribution in [0.5, 0.6) is 0 Å². The van der Waals surface area contributed by atoms with E-state index >= 15 is 0 Å². The van der Waals surface area contributed by atoms with Crippen LogP contribution in [0.2, 0.25) is 0 Å². The molecule has 0 unspecified atom stereocenters. The first kappa shape index (κ1) is 14.6. The van der Waals surface area contributed by atoms with E-state index in [1.807, 2.05) is 52.3 Å². The van der Waals surface area contributed by atoms with Crippen molar-refractivity contribution in [2.45, 2.75) is 34.6 Å². The number of imidazole rings is 1. The van der Waals surface area contributed by atoms with Gasteiger partial charge in [0.1, 0.15) is 11.3 Å². The summed E-state index contributed by atoms with van der Waals surface area (Å²) in [5.74, 6) is 0.575. The standard InChI is InChI=1S/C9H9FN2.2C2H6/c1-6-11-9-7(10)4-3-5-8(9)12(6)2;2*1-2/h3-5H,1-2H3;2*1-2H3. The Kier molecular flexibility index (Phi) is 6.38. The molecule has 0 saturated heterocycles. The van der Waals surface area contributed by atoms with Crippen LogP contribution in [0.4, 0.5) is 4.39 Å². The fourth-order valence-corrected chi connectivity index (χ4v) is 1.30. The van der Waals surface area contributed by atoms with Gasteiger partial charge >= 0.3 is 0 Å². The number of para-hydroxylation sites is 1. The highest BCUT2D eigenvalue weighted by atomic mass is 19.1. The maximum Gasteiger partial charge on any atom is 0.151 e. The molecule has 0 saturated carbocycles. The Labute approximate surface area is 97.1 Å². The summed E-state index contributed by atoms with van der Waals surface area (Å²) in [6.07, 6.45) is 0. The Morgan fingerprint density at radius 2 is 1.69 bits per heavy atom. The number of aryl methyl sites for hydroxylation is 2. The minimum Gasteiger partial charge on any atom is -0.331 e. The highest BCUT2D eigenvalue weighted by molar-refractivity contribution is 5.76. The number of benzene rings is 1. The minimum absolute atomic E-state index is 0.254. The van der Waals surface area contributed by atoms with Crippen molar-refractivity contribution >= 4 is 11.0 Å². The van der Waals surface area contributed by atoms with Gasteiger partial charge < -0.3 is 4.57 Å². The van der Waals surface area contributed by atoms with Crippen molar-refractivity contribution in [3.05, 3.63) is 29.8 Å². The van der Waals surface area contributed by atoms with E-state index in [9.17, 15) is 4.39 Å². The van der Waals surface area contributed by atoms with Crippen LogP contribution >= 0.6 is 0 Å². The largest absolute Gasteiger partial charge is 0.331 e. The number of halogens is 1. The van der Waals surface area contributed by atoms with Crippen LogP contribution < -0.4 is 0 Å². The predicted molar refractivity (Wildman–Crippen MR) is 68.1 cm³/mol. The van der Waals surface area contributed by atoms with Gasteiger partial charge in [-0.2, -0.15) is 0 Å². The average Bonchev–Trinajstić information content (AvgIpc) is 2.63. The van der Waals surface area contributed by atoms with Gasteiger partial charge in [-0.25, -0.2) is 9.37 Å². The quantitative estimate of drug-likeness (QED) is 0.659. The molecule has 1 aromatic carbocycles. The highest BCUT2D eigenvalue weighted by Gasteiger charge is 2.06. The number of fused-ring (bicyclic) bond motifs is 1. The Bertz CT molecular complexity index is 433. The Hall–Kier alpha value is -1.38. The SMILES string of the molecule is CC.CC.Cc1nc2c(F)cccc2n1C. The van der Waals surface area contributed by atoms with Crippen LogP contribution in [0.3, 0.4) is 0 Å². The van der Waals surface area contributed by atoms with Crippen molar-refractivity contribution in [1.29, 1.82) is 0 Å². The topological polar surface area (TPSA) is 17.8 Å². The van der Waals surface area contributed by atoms with E-state index in [0.29, 0.717) is 5.52 Å². The first-order valence-electron chi connectivity index (χ1n) is 5.77. The van der Waals surface area contributed by atoms with Gasteiger partial charge in [0, 0.05) is 7.05 Å². The normalized spacial score (nSPS) is 8.94. The van der Waals surface area contributed by atoms with Crippen molar-refractivity contribution in [2.24, 2.45) is 7.05 Å². The molecule has 1 aromatic heterocycles. The zero-order valence-electron chi connectivity index (χ0n) is 11.0. The average molecular weight is 224 g/mol. The smallest absolute Gasteiger partial charge is 0.151 e. The molecule has 2 aromatic rings. The molecule has 0 fully saturated rings. The maximum absolute atomic E-state index is 13.1. The second-order valence-corrected chi connectivity index (χ2v) is 2.83. The molecule has 0 atom stereocenters.